The summed E-state index contributed by atoms with van der Waals surface area (Å²) in [6.07, 6.45) is 0. The molecule has 1 aromatic carbocycles. The van der Waals surface area contributed by atoms with E-state index in [-0.39, 0.29) is 18.3 Å². The molecule has 2 aromatic heterocycles. The second kappa shape index (κ2) is 8.22. The summed E-state index contributed by atoms with van der Waals surface area (Å²) >= 11 is 2.82. The van der Waals surface area contributed by atoms with Crippen molar-refractivity contribution in [2.45, 2.75) is 25.6 Å². The Balaban J connectivity index is 1.50. The number of esters is 1. The summed E-state index contributed by atoms with van der Waals surface area (Å²) in [7, 11) is 0. The molecule has 0 bridgehead atoms. The number of nitrogens with zero attached hydrogens (tertiary/aromatic N) is 3. The number of aryl methyl sites for hydroxylation is 2. The molecule has 0 unspecified atom stereocenters. The molecular formula is C18H17N3O2S2. The van der Waals surface area contributed by atoms with Crippen LogP contribution in [0.3, 0.4) is 0 Å². The van der Waals surface area contributed by atoms with Gasteiger partial charge in [-0.15, -0.1) is 11.3 Å². The molecule has 0 radical (unpaired) electrons. The predicted octanol–water partition coefficient (Wildman–Crippen LogP) is 4.05. The van der Waals surface area contributed by atoms with Crippen LogP contribution in [-0.2, 0) is 16.1 Å². The highest BCUT2D eigenvalue weighted by molar-refractivity contribution is 7.99. The number of ether oxygens (including phenoxy) is 1. The fourth-order valence-corrected chi connectivity index (χ4v) is 3.72. The Morgan fingerprint density at radius 2 is 1.84 bits per heavy atom. The molecule has 0 saturated carbocycles. The van der Waals surface area contributed by atoms with Crippen molar-refractivity contribution in [3.05, 3.63) is 58.9 Å². The molecule has 0 aliphatic heterocycles. The molecule has 0 fully saturated rings. The van der Waals surface area contributed by atoms with E-state index in [4.69, 9.17) is 4.74 Å². The molecule has 25 heavy (non-hydrogen) atoms. The third kappa shape index (κ3) is 5.11. The van der Waals surface area contributed by atoms with Gasteiger partial charge in [-0.05, 0) is 19.9 Å². The van der Waals surface area contributed by atoms with Crippen LogP contribution >= 0.6 is 23.1 Å². The maximum absolute atomic E-state index is 11.9. The second-order valence-corrected chi connectivity index (χ2v) is 7.19. The standard InChI is InChI=1S/C18H17N3O2S2/c1-12-8-13(2)20-18(19-12)25-11-16(22)23-9-15-10-24-17(21-15)14-6-4-3-5-7-14/h3-8,10H,9,11H2,1-2H3. The van der Waals surface area contributed by atoms with Gasteiger partial charge in [-0.2, -0.15) is 0 Å². The molecule has 0 saturated heterocycles. The van der Waals surface area contributed by atoms with Crippen LogP contribution in [0.4, 0.5) is 0 Å². The molecule has 0 spiro atoms. The summed E-state index contributed by atoms with van der Waals surface area (Å²) < 4.78 is 5.29. The number of benzene rings is 1. The van der Waals surface area contributed by atoms with E-state index in [2.05, 4.69) is 15.0 Å². The lowest BCUT2D eigenvalue weighted by Crippen LogP contribution is -2.08. The molecule has 0 atom stereocenters. The summed E-state index contributed by atoms with van der Waals surface area (Å²) in [6, 6.07) is 11.8. The van der Waals surface area contributed by atoms with Crippen molar-refractivity contribution >= 4 is 29.1 Å². The summed E-state index contributed by atoms with van der Waals surface area (Å²) in [4.78, 5) is 25.0. The normalized spacial score (nSPS) is 10.6. The topological polar surface area (TPSA) is 65.0 Å². The lowest BCUT2D eigenvalue weighted by molar-refractivity contribution is -0.141. The van der Waals surface area contributed by atoms with E-state index >= 15 is 0 Å². The minimum atomic E-state index is -0.304. The van der Waals surface area contributed by atoms with E-state index < -0.39 is 0 Å². The van der Waals surface area contributed by atoms with E-state index in [0.29, 0.717) is 5.16 Å². The number of carbonyl (C=O) groups excluding carboxylic acids is 1. The van der Waals surface area contributed by atoms with E-state index in [9.17, 15) is 4.79 Å². The number of thiazole rings is 1. The third-order valence-electron chi connectivity index (χ3n) is 3.23. The van der Waals surface area contributed by atoms with Gasteiger partial charge in [0.05, 0.1) is 11.4 Å². The number of aromatic nitrogens is 3. The summed E-state index contributed by atoms with van der Waals surface area (Å²) in [5, 5.41) is 3.43. The van der Waals surface area contributed by atoms with Gasteiger partial charge in [0.1, 0.15) is 11.6 Å². The second-order valence-electron chi connectivity index (χ2n) is 5.39. The summed E-state index contributed by atoms with van der Waals surface area (Å²) in [5.74, 6) is -0.125. The van der Waals surface area contributed by atoms with Crippen molar-refractivity contribution in [3.63, 3.8) is 0 Å². The Morgan fingerprint density at radius 3 is 2.56 bits per heavy atom. The number of hydrogen-bond donors (Lipinski definition) is 0. The number of hydrogen-bond acceptors (Lipinski definition) is 7. The first-order chi connectivity index (χ1) is 12.1. The maximum atomic E-state index is 11.9. The molecule has 3 aromatic rings. The smallest absolute Gasteiger partial charge is 0.316 e. The van der Waals surface area contributed by atoms with Crippen LogP contribution in [0.1, 0.15) is 17.1 Å². The van der Waals surface area contributed by atoms with Gasteiger partial charge in [-0.25, -0.2) is 15.0 Å². The van der Waals surface area contributed by atoms with E-state index in [1.807, 2.05) is 55.6 Å². The van der Waals surface area contributed by atoms with Gasteiger partial charge in [0, 0.05) is 22.3 Å². The Hall–Kier alpha value is -2.25. The molecule has 128 valence electrons. The van der Waals surface area contributed by atoms with Crippen molar-refractivity contribution in [3.8, 4) is 10.6 Å². The Labute approximate surface area is 154 Å². The van der Waals surface area contributed by atoms with Crippen molar-refractivity contribution in [2.24, 2.45) is 0 Å². The largest absolute Gasteiger partial charge is 0.459 e. The Morgan fingerprint density at radius 1 is 1.12 bits per heavy atom. The number of rotatable bonds is 6. The van der Waals surface area contributed by atoms with Gasteiger partial charge in [-0.1, -0.05) is 42.1 Å². The van der Waals surface area contributed by atoms with Gasteiger partial charge in [-0.3, -0.25) is 4.79 Å². The Bertz CT molecular complexity index is 846. The fraction of sp³-hybridized carbons (Fsp3) is 0.222. The summed E-state index contributed by atoms with van der Waals surface area (Å²) in [5.41, 5.74) is 3.59. The summed E-state index contributed by atoms with van der Waals surface area (Å²) in [6.45, 7) is 3.99. The van der Waals surface area contributed by atoms with Gasteiger partial charge in [0.25, 0.3) is 0 Å². The van der Waals surface area contributed by atoms with Crippen molar-refractivity contribution < 1.29 is 9.53 Å². The first kappa shape index (κ1) is 17.6. The minimum Gasteiger partial charge on any atom is -0.459 e. The highest BCUT2D eigenvalue weighted by Crippen LogP contribution is 2.23. The minimum absolute atomic E-state index is 0.177. The van der Waals surface area contributed by atoms with E-state index in [1.165, 1.54) is 11.8 Å². The first-order valence-corrected chi connectivity index (χ1v) is 9.57. The molecule has 7 heteroatoms. The predicted molar refractivity (Wildman–Crippen MR) is 99.6 cm³/mol. The number of thioether (sulfide) groups is 1. The highest BCUT2D eigenvalue weighted by atomic mass is 32.2. The SMILES string of the molecule is Cc1cc(C)nc(SCC(=O)OCc2csc(-c3ccccc3)n2)n1. The van der Waals surface area contributed by atoms with Crippen LogP contribution in [0.15, 0.2) is 46.9 Å². The van der Waals surface area contributed by atoms with Crippen LogP contribution in [0.5, 0.6) is 0 Å². The fourth-order valence-electron chi connectivity index (χ4n) is 2.16. The van der Waals surface area contributed by atoms with Gasteiger partial charge >= 0.3 is 5.97 Å². The van der Waals surface area contributed by atoms with Crippen LogP contribution in [0.2, 0.25) is 0 Å². The van der Waals surface area contributed by atoms with Crippen LogP contribution < -0.4 is 0 Å². The molecule has 2 heterocycles. The first-order valence-electron chi connectivity index (χ1n) is 7.71. The number of carbonyl (C=O) groups is 1. The molecule has 0 aliphatic rings. The average molecular weight is 371 g/mol. The monoisotopic (exact) mass is 371 g/mol. The zero-order chi connectivity index (χ0) is 17.6. The molecular weight excluding hydrogens is 354 g/mol. The zero-order valence-electron chi connectivity index (χ0n) is 13.9. The van der Waals surface area contributed by atoms with E-state index in [0.717, 1.165) is 27.7 Å². The zero-order valence-corrected chi connectivity index (χ0v) is 15.6. The lowest BCUT2D eigenvalue weighted by Gasteiger charge is -2.04. The van der Waals surface area contributed by atoms with Gasteiger partial charge in [0.2, 0.25) is 0 Å². The van der Waals surface area contributed by atoms with Crippen LogP contribution in [0, 0.1) is 13.8 Å². The molecule has 3 rings (SSSR count). The van der Waals surface area contributed by atoms with Crippen molar-refractivity contribution in [2.75, 3.05) is 5.75 Å². The van der Waals surface area contributed by atoms with Crippen molar-refractivity contribution in [1.29, 1.82) is 0 Å². The molecule has 5 nitrogen and oxygen atoms in total. The average Bonchev–Trinajstić information content (AvgIpc) is 3.07. The lowest BCUT2D eigenvalue weighted by atomic mass is 10.2. The molecule has 0 amide bonds. The Kier molecular flexibility index (Phi) is 5.78. The van der Waals surface area contributed by atoms with Crippen molar-refractivity contribution in [1.82, 2.24) is 15.0 Å². The van der Waals surface area contributed by atoms with E-state index in [1.54, 1.807) is 11.3 Å². The quantitative estimate of drug-likeness (QED) is 0.370. The molecule has 0 N–H and O–H groups in total. The van der Waals surface area contributed by atoms with Gasteiger partial charge < -0.3 is 4.74 Å². The third-order valence-corrected chi connectivity index (χ3v) is 5.00. The maximum Gasteiger partial charge on any atom is 0.316 e. The highest BCUT2D eigenvalue weighted by Gasteiger charge is 2.10. The van der Waals surface area contributed by atoms with Gasteiger partial charge in [0.15, 0.2) is 5.16 Å². The van der Waals surface area contributed by atoms with Crippen LogP contribution in [0.25, 0.3) is 10.6 Å². The molecule has 0 aliphatic carbocycles. The van der Waals surface area contributed by atoms with Crippen LogP contribution in [-0.4, -0.2) is 26.7 Å².